The summed E-state index contributed by atoms with van der Waals surface area (Å²) in [7, 11) is 1.37. The summed E-state index contributed by atoms with van der Waals surface area (Å²) >= 11 is 0. The predicted octanol–water partition coefficient (Wildman–Crippen LogP) is 1.95. The number of likely N-dealkylation sites (N-methyl/N-ethyl adjacent to an activating group) is 1. The van der Waals surface area contributed by atoms with Crippen LogP contribution in [0, 0.1) is 11.6 Å². The molecule has 16 heavy (non-hydrogen) atoms. The maximum Gasteiger partial charge on any atom is 0.407 e. The molecule has 0 spiro atoms. The topological polar surface area (TPSA) is 49.8 Å². The van der Waals surface area contributed by atoms with Gasteiger partial charge in [-0.3, -0.25) is 0 Å². The Labute approximate surface area is 91.1 Å². The molecule has 0 atom stereocenters. The molecule has 0 aliphatic heterocycles. The maximum absolute atomic E-state index is 13.0. The fourth-order valence-electron chi connectivity index (χ4n) is 0.980. The van der Waals surface area contributed by atoms with Crippen molar-refractivity contribution in [2.45, 2.75) is 0 Å². The van der Waals surface area contributed by atoms with Crippen molar-refractivity contribution in [1.82, 2.24) is 4.90 Å². The third-order valence-electron chi connectivity index (χ3n) is 1.90. The fraction of sp³-hybridized carbons (Fsp3) is 0.300. The van der Waals surface area contributed by atoms with Gasteiger partial charge in [0, 0.05) is 13.1 Å². The van der Waals surface area contributed by atoms with Crippen molar-refractivity contribution in [3.05, 3.63) is 29.8 Å². The van der Waals surface area contributed by atoms with Crippen molar-refractivity contribution >= 4 is 6.09 Å². The van der Waals surface area contributed by atoms with Gasteiger partial charge in [-0.25, -0.2) is 13.6 Å². The zero-order chi connectivity index (χ0) is 12.1. The number of ether oxygens (including phenoxy) is 1. The Hall–Kier alpha value is -1.85. The minimum atomic E-state index is -1.09. The lowest BCUT2D eigenvalue weighted by Crippen LogP contribution is -2.29. The molecule has 0 radical (unpaired) electrons. The van der Waals surface area contributed by atoms with Crippen LogP contribution < -0.4 is 4.74 Å². The van der Waals surface area contributed by atoms with Gasteiger partial charge in [0.05, 0.1) is 6.54 Å². The van der Waals surface area contributed by atoms with Gasteiger partial charge >= 0.3 is 6.09 Å². The van der Waals surface area contributed by atoms with E-state index in [1.54, 1.807) is 0 Å². The number of amides is 1. The Morgan fingerprint density at radius 2 is 2.19 bits per heavy atom. The third kappa shape index (κ3) is 3.38. The van der Waals surface area contributed by atoms with Crippen LogP contribution in [0.5, 0.6) is 5.75 Å². The van der Waals surface area contributed by atoms with Gasteiger partial charge in [-0.2, -0.15) is 0 Å². The number of hydrogen-bond donors (Lipinski definition) is 1. The van der Waals surface area contributed by atoms with Gasteiger partial charge in [0.1, 0.15) is 12.4 Å². The van der Waals surface area contributed by atoms with E-state index in [9.17, 15) is 13.6 Å². The zero-order valence-electron chi connectivity index (χ0n) is 8.61. The van der Waals surface area contributed by atoms with E-state index in [1.165, 1.54) is 7.05 Å². The quantitative estimate of drug-likeness (QED) is 0.861. The Balaban J connectivity index is 2.46. The van der Waals surface area contributed by atoms with Crippen LogP contribution in [-0.2, 0) is 0 Å². The van der Waals surface area contributed by atoms with Gasteiger partial charge in [-0.05, 0) is 12.1 Å². The summed E-state index contributed by atoms with van der Waals surface area (Å²) in [4.78, 5) is 11.4. The second-order valence-corrected chi connectivity index (χ2v) is 3.13. The monoisotopic (exact) mass is 231 g/mol. The lowest BCUT2D eigenvalue weighted by molar-refractivity contribution is 0.146. The largest absolute Gasteiger partial charge is 0.489 e. The van der Waals surface area contributed by atoms with E-state index in [0.29, 0.717) is 6.07 Å². The minimum absolute atomic E-state index is 0.00531. The Bertz CT molecular complexity index is 384. The van der Waals surface area contributed by atoms with E-state index in [0.717, 1.165) is 17.0 Å². The predicted molar refractivity (Wildman–Crippen MR) is 52.5 cm³/mol. The summed E-state index contributed by atoms with van der Waals surface area (Å²) in [5, 5.41) is 8.52. The summed E-state index contributed by atoms with van der Waals surface area (Å²) in [5.74, 6) is -1.59. The van der Waals surface area contributed by atoms with E-state index in [-0.39, 0.29) is 18.9 Å². The molecule has 0 unspecified atom stereocenters. The van der Waals surface area contributed by atoms with Crippen LogP contribution in [0.4, 0.5) is 13.6 Å². The molecule has 88 valence electrons. The van der Waals surface area contributed by atoms with Crippen LogP contribution in [0.3, 0.4) is 0 Å². The summed E-state index contributed by atoms with van der Waals surface area (Å²) in [5.41, 5.74) is 0. The number of hydrogen-bond acceptors (Lipinski definition) is 2. The Morgan fingerprint density at radius 3 is 2.75 bits per heavy atom. The highest BCUT2D eigenvalue weighted by Crippen LogP contribution is 2.17. The standard InChI is InChI=1S/C10H11F2NO3/c1-13(10(14)15)4-5-16-9-3-2-7(11)6-8(9)12/h2-3,6H,4-5H2,1H3,(H,14,15). The molecular weight excluding hydrogens is 220 g/mol. The molecule has 4 nitrogen and oxygen atoms in total. The van der Waals surface area contributed by atoms with Crippen LogP contribution in [0.15, 0.2) is 18.2 Å². The van der Waals surface area contributed by atoms with Crippen molar-refractivity contribution in [3.63, 3.8) is 0 Å². The molecule has 0 fully saturated rings. The maximum atomic E-state index is 13.0. The average molecular weight is 231 g/mol. The van der Waals surface area contributed by atoms with Gasteiger partial charge in [-0.1, -0.05) is 0 Å². The molecule has 0 aliphatic rings. The first kappa shape index (κ1) is 12.2. The molecule has 0 saturated carbocycles. The van der Waals surface area contributed by atoms with E-state index < -0.39 is 17.7 Å². The summed E-state index contributed by atoms with van der Waals surface area (Å²) in [6.07, 6.45) is -1.09. The second kappa shape index (κ2) is 5.29. The first-order valence-electron chi connectivity index (χ1n) is 4.52. The van der Waals surface area contributed by atoms with Gasteiger partial charge in [0.15, 0.2) is 11.6 Å². The molecule has 1 aromatic carbocycles. The lowest BCUT2D eigenvalue weighted by Gasteiger charge is -2.13. The number of benzene rings is 1. The summed E-state index contributed by atoms with van der Waals surface area (Å²) in [6.45, 7) is 0.109. The van der Waals surface area contributed by atoms with Crippen LogP contribution >= 0.6 is 0 Å². The zero-order valence-corrected chi connectivity index (χ0v) is 8.61. The highest BCUT2D eigenvalue weighted by atomic mass is 19.1. The van der Waals surface area contributed by atoms with Crippen LogP contribution in [0.2, 0.25) is 0 Å². The lowest BCUT2D eigenvalue weighted by atomic mass is 10.3. The number of carboxylic acid groups (broad SMARTS) is 1. The van der Waals surface area contributed by atoms with Crippen molar-refractivity contribution in [1.29, 1.82) is 0 Å². The smallest absolute Gasteiger partial charge is 0.407 e. The minimum Gasteiger partial charge on any atom is -0.489 e. The molecule has 0 saturated heterocycles. The molecule has 0 aromatic heterocycles. The number of carbonyl (C=O) groups is 1. The van der Waals surface area contributed by atoms with Gasteiger partial charge in [0.25, 0.3) is 0 Å². The highest BCUT2D eigenvalue weighted by molar-refractivity contribution is 5.64. The molecule has 1 amide bonds. The van der Waals surface area contributed by atoms with Gasteiger partial charge in [-0.15, -0.1) is 0 Å². The van der Waals surface area contributed by atoms with Crippen LogP contribution in [0.1, 0.15) is 0 Å². The first-order valence-corrected chi connectivity index (χ1v) is 4.52. The Kier molecular flexibility index (Phi) is 4.04. The van der Waals surface area contributed by atoms with E-state index in [4.69, 9.17) is 9.84 Å². The Morgan fingerprint density at radius 1 is 1.50 bits per heavy atom. The van der Waals surface area contributed by atoms with Crippen molar-refractivity contribution in [2.24, 2.45) is 0 Å². The van der Waals surface area contributed by atoms with Crippen LogP contribution in [-0.4, -0.2) is 36.3 Å². The molecule has 0 bridgehead atoms. The van der Waals surface area contributed by atoms with Crippen molar-refractivity contribution in [2.75, 3.05) is 20.2 Å². The summed E-state index contributed by atoms with van der Waals surface area (Å²) in [6, 6.07) is 2.93. The van der Waals surface area contributed by atoms with E-state index >= 15 is 0 Å². The molecule has 0 aliphatic carbocycles. The molecule has 6 heteroatoms. The average Bonchev–Trinajstić information content (AvgIpc) is 2.20. The number of nitrogens with zero attached hydrogens (tertiary/aromatic N) is 1. The van der Waals surface area contributed by atoms with Gasteiger partial charge < -0.3 is 14.7 Å². The van der Waals surface area contributed by atoms with Crippen molar-refractivity contribution < 1.29 is 23.4 Å². The van der Waals surface area contributed by atoms with Crippen molar-refractivity contribution in [3.8, 4) is 5.75 Å². The third-order valence-corrected chi connectivity index (χ3v) is 1.90. The second-order valence-electron chi connectivity index (χ2n) is 3.13. The molecule has 1 aromatic rings. The fourth-order valence-corrected chi connectivity index (χ4v) is 0.980. The highest BCUT2D eigenvalue weighted by Gasteiger charge is 2.07. The number of rotatable bonds is 4. The SMILES string of the molecule is CN(CCOc1ccc(F)cc1F)C(=O)O. The molecule has 1 rings (SSSR count). The molecule has 1 N–H and O–H groups in total. The molecular formula is C10H11F2NO3. The summed E-state index contributed by atoms with van der Waals surface area (Å²) < 4.78 is 30.5. The van der Waals surface area contributed by atoms with Gasteiger partial charge in [0.2, 0.25) is 0 Å². The van der Waals surface area contributed by atoms with E-state index in [2.05, 4.69) is 0 Å². The normalized spacial score (nSPS) is 9.94. The van der Waals surface area contributed by atoms with Crippen LogP contribution in [0.25, 0.3) is 0 Å². The first-order chi connectivity index (χ1) is 7.50. The van der Waals surface area contributed by atoms with E-state index in [1.807, 2.05) is 0 Å². The molecule has 0 heterocycles. The number of halogens is 2.